The molecule has 2 heteroatoms. The van der Waals surface area contributed by atoms with Gasteiger partial charge in [-0.2, -0.15) is 0 Å². The highest BCUT2D eigenvalue weighted by Crippen LogP contribution is 2.39. The molecule has 88 valence electrons. The van der Waals surface area contributed by atoms with E-state index in [-0.39, 0.29) is 0 Å². The van der Waals surface area contributed by atoms with Crippen molar-refractivity contribution in [2.75, 3.05) is 0 Å². The van der Waals surface area contributed by atoms with Crippen LogP contribution in [0.3, 0.4) is 0 Å². The van der Waals surface area contributed by atoms with Crippen LogP contribution in [0.15, 0.2) is 0 Å². The van der Waals surface area contributed by atoms with Gasteiger partial charge < -0.3 is 0 Å². The molecule has 2 rings (SSSR count). The number of hydrogen-bond donors (Lipinski definition) is 0. The van der Waals surface area contributed by atoms with Crippen LogP contribution in [0.1, 0.15) is 64.2 Å². The Morgan fingerprint density at radius 3 is 2.20 bits per heavy atom. The van der Waals surface area contributed by atoms with E-state index in [1.807, 2.05) is 0 Å². The normalized spacial score (nSPS) is 27.2. The summed E-state index contributed by atoms with van der Waals surface area (Å²) in [4.78, 5) is 0. The fraction of sp³-hybridized carbons (Fsp3) is 1.00. The Bertz CT molecular complexity index is 169. The standard InChI is InChI=1S/C13H28Si2/c14-15-13(12-7-3-4-8-12)10-9-11-5-1-2-6-11/h11-13H,1-10,15H2,14H3. The molecular formula is C13H28Si2. The van der Waals surface area contributed by atoms with Crippen LogP contribution in [-0.2, 0) is 0 Å². The minimum absolute atomic E-state index is 0.400. The largest absolute Gasteiger partial charge is 0.0531 e. The lowest BCUT2D eigenvalue weighted by molar-refractivity contribution is 0.415. The average Bonchev–Trinajstić information content (AvgIpc) is 2.90. The number of hydrogen-bond acceptors (Lipinski definition) is 0. The third-order valence-corrected chi connectivity index (χ3v) is 10.3. The maximum Gasteiger partial charge on any atom is 0.00829 e. The molecule has 2 fully saturated rings. The Morgan fingerprint density at radius 1 is 1.00 bits per heavy atom. The van der Waals surface area contributed by atoms with Gasteiger partial charge in [0.05, 0.1) is 0 Å². The lowest BCUT2D eigenvalue weighted by atomic mass is 9.94. The molecule has 0 amide bonds. The molecule has 0 heterocycles. The van der Waals surface area contributed by atoms with Crippen LogP contribution in [0.25, 0.3) is 0 Å². The maximum atomic E-state index is 1.64. The van der Waals surface area contributed by atoms with Crippen LogP contribution in [-0.4, -0.2) is 18.8 Å². The van der Waals surface area contributed by atoms with E-state index in [2.05, 4.69) is 0 Å². The first-order valence-corrected chi connectivity index (χ1v) is 13.9. The molecule has 0 aromatic carbocycles. The SMILES string of the molecule is [SiH3][SiH2]C(CCC1CCCC1)C1CCCC1. The van der Waals surface area contributed by atoms with Crippen molar-refractivity contribution in [3.8, 4) is 0 Å². The van der Waals surface area contributed by atoms with E-state index in [1.54, 1.807) is 61.1 Å². The predicted octanol–water partition coefficient (Wildman–Crippen LogP) is 2.38. The van der Waals surface area contributed by atoms with Gasteiger partial charge in [0.25, 0.3) is 0 Å². The van der Waals surface area contributed by atoms with Gasteiger partial charge in [0.1, 0.15) is 0 Å². The zero-order valence-electron chi connectivity index (χ0n) is 10.5. The highest BCUT2D eigenvalue weighted by Gasteiger charge is 2.25. The van der Waals surface area contributed by atoms with Gasteiger partial charge in [0.15, 0.2) is 0 Å². The monoisotopic (exact) mass is 240 g/mol. The number of rotatable bonds is 5. The van der Waals surface area contributed by atoms with Crippen molar-refractivity contribution in [3.05, 3.63) is 0 Å². The summed E-state index contributed by atoms with van der Waals surface area (Å²) in [7, 11) is 1.97. The van der Waals surface area contributed by atoms with Crippen molar-refractivity contribution in [2.24, 2.45) is 11.8 Å². The maximum absolute atomic E-state index is 1.64. The molecule has 0 saturated heterocycles. The molecule has 0 bridgehead atoms. The lowest BCUT2D eigenvalue weighted by Gasteiger charge is -2.23. The molecule has 2 aliphatic carbocycles. The van der Waals surface area contributed by atoms with E-state index in [0.717, 1.165) is 5.92 Å². The Balaban J connectivity index is 1.69. The third-order valence-electron chi connectivity index (χ3n) is 5.01. The molecule has 0 N–H and O–H groups in total. The summed E-state index contributed by atoms with van der Waals surface area (Å²) >= 11 is 0. The fourth-order valence-corrected chi connectivity index (χ4v) is 8.96. The Labute approximate surface area is 101 Å². The zero-order valence-corrected chi connectivity index (χ0v) is 13.9. The molecule has 0 radical (unpaired) electrons. The van der Waals surface area contributed by atoms with E-state index in [4.69, 9.17) is 0 Å². The van der Waals surface area contributed by atoms with Crippen molar-refractivity contribution >= 4 is 18.8 Å². The van der Waals surface area contributed by atoms with E-state index in [1.165, 1.54) is 24.3 Å². The van der Waals surface area contributed by atoms with E-state index in [9.17, 15) is 0 Å². The van der Waals surface area contributed by atoms with Gasteiger partial charge in [-0.3, -0.25) is 0 Å². The van der Waals surface area contributed by atoms with Gasteiger partial charge in [-0.1, -0.05) is 69.7 Å². The Kier molecular flexibility index (Phi) is 4.95. The summed E-state index contributed by atoms with van der Waals surface area (Å²) in [6, 6.07) is 0. The second-order valence-electron chi connectivity index (χ2n) is 5.94. The van der Waals surface area contributed by atoms with Crippen LogP contribution in [0.4, 0.5) is 0 Å². The zero-order chi connectivity index (χ0) is 10.5. The molecule has 0 spiro atoms. The van der Waals surface area contributed by atoms with Crippen molar-refractivity contribution in [1.82, 2.24) is 0 Å². The quantitative estimate of drug-likeness (QED) is 0.648. The minimum atomic E-state index is 0.400. The van der Waals surface area contributed by atoms with Crippen molar-refractivity contribution in [3.63, 3.8) is 0 Å². The molecular weight excluding hydrogens is 212 g/mol. The van der Waals surface area contributed by atoms with Crippen LogP contribution < -0.4 is 0 Å². The van der Waals surface area contributed by atoms with E-state index >= 15 is 0 Å². The van der Waals surface area contributed by atoms with Crippen molar-refractivity contribution in [1.29, 1.82) is 0 Å². The van der Waals surface area contributed by atoms with Crippen LogP contribution in [0, 0.1) is 11.8 Å². The lowest BCUT2D eigenvalue weighted by Crippen LogP contribution is -2.14. The van der Waals surface area contributed by atoms with Crippen LogP contribution in [0.5, 0.6) is 0 Å². The summed E-state index contributed by atoms with van der Waals surface area (Å²) in [5.74, 6) is 2.35. The fourth-order valence-electron chi connectivity index (χ4n) is 3.95. The molecule has 0 aliphatic heterocycles. The Morgan fingerprint density at radius 2 is 1.60 bits per heavy atom. The topological polar surface area (TPSA) is 0 Å². The summed E-state index contributed by atoms with van der Waals surface area (Å²) in [6.07, 6.45) is 15.8. The minimum Gasteiger partial charge on any atom is -0.0531 e. The molecule has 0 aromatic rings. The van der Waals surface area contributed by atoms with Gasteiger partial charge >= 0.3 is 0 Å². The molecule has 1 unspecified atom stereocenters. The third kappa shape index (κ3) is 3.45. The smallest absolute Gasteiger partial charge is 0.00829 e. The second kappa shape index (κ2) is 6.24. The molecule has 2 saturated carbocycles. The van der Waals surface area contributed by atoms with Gasteiger partial charge in [-0.25, -0.2) is 0 Å². The summed E-state index contributed by atoms with van der Waals surface area (Å²) in [6.45, 7) is 0. The van der Waals surface area contributed by atoms with Crippen molar-refractivity contribution in [2.45, 2.75) is 69.7 Å². The van der Waals surface area contributed by atoms with Gasteiger partial charge in [0.2, 0.25) is 0 Å². The summed E-state index contributed by atoms with van der Waals surface area (Å²) in [5.41, 5.74) is 1.28. The first kappa shape index (κ1) is 11.9. The van der Waals surface area contributed by atoms with Crippen LogP contribution >= 0.6 is 0 Å². The second-order valence-corrected chi connectivity index (χ2v) is 10.3. The van der Waals surface area contributed by atoms with Crippen molar-refractivity contribution < 1.29 is 0 Å². The highest BCUT2D eigenvalue weighted by molar-refractivity contribution is 6.90. The molecule has 1 atom stereocenters. The molecule has 0 aromatic heterocycles. The predicted molar refractivity (Wildman–Crippen MR) is 75.4 cm³/mol. The average molecular weight is 241 g/mol. The summed E-state index contributed by atoms with van der Waals surface area (Å²) in [5, 5.41) is 0. The van der Waals surface area contributed by atoms with Gasteiger partial charge in [-0.05, 0) is 21.6 Å². The van der Waals surface area contributed by atoms with E-state index in [0.29, 0.717) is 9.04 Å². The van der Waals surface area contributed by atoms with E-state index < -0.39 is 0 Å². The molecule has 15 heavy (non-hydrogen) atoms. The van der Waals surface area contributed by atoms with Crippen LogP contribution in [0.2, 0.25) is 5.54 Å². The molecule has 0 nitrogen and oxygen atoms in total. The van der Waals surface area contributed by atoms with Gasteiger partial charge in [-0.15, -0.1) is 0 Å². The highest BCUT2D eigenvalue weighted by atomic mass is 29.1. The first-order valence-electron chi connectivity index (χ1n) is 7.40. The van der Waals surface area contributed by atoms with Gasteiger partial charge in [0, 0.05) is 9.04 Å². The first-order chi connectivity index (χ1) is 7.40. The Hall–Kier alpha value is 0.434. The summed E-state index contributed by atoms with van der Waals surface area (Å²) < 4.78 is 0. The molecule has 2 aliphatic rings.